The topological polar surface area (TPSA) is 58.7 Å². The number of likely N-dealkylation sites (tertiary alicyclic amines) is 1. The predicted octanol–water partition coefficient (Wildman–Crippen LogP) is 1.99. The highest BCUT2D eigenvalue weighted by Gasteiger charge is 2.24. The third-order valence-corrected chi connectivity index (χ3v) is 4.19. The van der Waals surface area contributed by atoms with Crippen molar-refractivity contribution >= 4 is 5.69 Å². The molecule has 1 aromatic carbocycles. The number of nitrogen functional groups attached to an aromatic ring is 1. The quantitative estimate of drug-likeness (QED) is 0.809. The second-order valence-corrected chi connectivity index (χ2v) is 6.04. The van der Waals surface area contributed by atoms with Crippen LogP contribution in [0.15, 0.2) is 24.3 Å². The van der Waals surface area contributed by atoms with Crippen LogP contribution >= 0.6 is 0 Å². The Bertz CT molecular complexity index is 425. The zero-order valence-electron chi connectivity index (χ0n) is 12.5. The van der Waals surface area contributed by atoms with Crippen molar-refractivity contribution in [1.82, 2.24) is 4.90 Å². The van der Waals surface area contributed by atoms with Crippen LogP contribution in [0.1, 0.15) is 20.3 Å². The molecule has 3 atom stereocenters. The Balaban J connectivity index is 1.74. The molecule has 0 amide bonds. The zero-order valence-corrected chi connectivity index (χ0v) is 12.5. The summed E-state index contributed by atoms with van der Waals surface area (Å²) < 4.78 is 5.58. The van der Waals surface area contributed by atoms with Gasteiger partial charge in [-0.3, -0.25) is 0 Å². The number of hydrogen-bond donors (Lipinski definition) is 2. The summed E-state index contributed by atoms with van der Waals surface area (Å²) in [6.07, 6.45) is 0.751. The third-order valence-electron chi connectivity index (χ3n) is 4.19. The van der Waals surface area contributed by atoms with Crippen LogP contribution < -0.4 is 10.5 Å². The molecule has 1 fully saturated rings. The average molecular weight is 278 g/mol. The van der Waals surface area contributed by atoms with E-state index in [-0.39, 0.29) is 0 Å². The van der Waals surface area contributed by atoms with E-state index in [1.54, 1.807) is 6.07 Å². The molecule has 0 bridgehead atoms. The molecule has 1 saturated heterocycles. The van der Waals surface area contributed by atoms with Crippen LogP contribution in [0.4, 0.5) is 5.69 Å². The monoisotopic (exact) mass is 278 g/mol. The maximum absolute atomic E-state index is 10.1. The molecule has 1 aliphatic rings. The van der Waals surface area contributed by atoms with E-state index < -0.39 is 6.10 Å². The number of ether oxygens (including phenoxy) is 1. The van der Waals surface area contributed by atoms with Gasteiger partial charge in [0.25, 0.3) is 0 Å². The Labute approximate surface area is 121 Å². The Morgan fingerprint density at radius 3 is 2.90 bits per heavy atom. The van der Waals surface area contributed by atoms with Crippen LogP contribution in [0, 0.1) is 11.8 Å². The number of nitrogens with zero attached hydrogens (tertiary/aromatic N) is 1. The van der Waals surface area contributed by atoms with Crippen molar-refractivity contribution < 1.29 is 9.84 Å². The molecule has 0 aromatic heterocycles. The minimum atomic E-state index is -0.461. The van der Waals surface area contributed by atoms with Crippen molar-refractivity contribution in [1.29, 1.82) is 0 Å². The molecule has 4 heteroatoms. The average Bonchev–Trinajstić information content (AvgIpc) is 2.41. The van der Waals surface area contributed by atoms with E-state index in [4.69, 9.17) is 10.5 Å². The number of β-amino-alcohol motifs (C(OH)–C–C–N with tert-alkyl or cyclic N) is 1. The van der Waals surface area contributed by atoms with E-state index in [1.165, 1.54) is 6.42 Å². The van der Waals surface area contributed by atoms with Gasteiger partial charge in [0.1, 0.15) is 18.5 Å². The summed E-state index contributed by atoms with van der Waals surface area (Å²) in [5.41, 5.74) is 6.37. The predicted molar refractivity (Wildman–Crippen MR) is 81.7 cm³/mol. The molecule has 112 valence electrons. The molecule has 0 aliphatic carbocycles. The molecule has 1 aliphatic heterocycles. The SMILES string of the molecule is CC1CCN(CC(O)COc2cccc(N)c2)CC1C. The third kappa shape index (κ3) is 4.39. The van der Waals surface area contributed by atoms with Crippen molar-refractivity contribution in [2.45, 2.75) is 26.4 Å². The number of rotatable bonds is 5. The second-order valence-electron chi connectivity index (χ2n) is 6.04. The zero-order chi connectivity index (χ0) is 14.5. The van der Waals surface area contributed by atoms with Crippen molar-refractivity contribution in [3.8, 4) is 5.75 Å². The summed E-state index contributed by atoms with van der Waals surface area (Å²) in [4.78, 5) is 2.33. The van der Waals surface area contributed by atoms with Gasteiger partial charge in [-0.05, 0) is 36.9 Å². The number of hydrogen-bond acceptors (Lipinski definition) is 4. The van der Waals surface area contributed by atoms with E-state index in [2.05, 4.69) is 18.7 Å². The van der Waals surface area contributed by atoms with Gasteiger partial charge in [-0.25, -0.2) is 0 Å². The molecule has 4 nitrogen and oxygen atoms in total. The molecule has 1 heterocycles. The van der Waals surface area contributed by atoms with Gasteiger partial charge < -0.3 is 20.5 Å². The number of piperidine rings is 1. The molecular formula is C16H26N2O2. The van der Waals surface area contributed by atoms with Crippen LogP contribution in [0.3, 0.4) is 0 Å². The summed E-state index contributed by atoms with van der Waals surface area (Å²) in [5, 5.41) is 10.1. The van der Waals surface area contributed by atoms with Gasteiger partial charge in [0.05, 0.1) is 0 Å². The van der Waals surface area contributed by atoms with Gasteiger partial charge in [-0.1, -0.05) is 19.9 Å². The van der Waals surface area contributed by atoms with Gasteiger partial charge in [0, 0.05) is 24.8 Å². The highest BCUT2D eigenvalue weighted by atomic mass is 16.5. The van der Waals surface area contributed by atoms with Crippen molar-refractivity contribution in [2.75, 3.05) is 32.0 Å². The Morgan fingerprint density at radius 1 is 1.40 bits per heavy atom. The van der Waals surface area contributed by atoms with Crippen LogP contribution in [-0.2, 0) is 0 Å². The number of aliphatic hydroxyl groups excluding tert-OH is 1. The molecule has 20 heavy (non-hydrogen) atoms. The first-order chi connectivity index (χ1) is 9.54. The maximum atomic E-state index is 10.1. The lowest BCUT2D eigenvalue weighted by Crippen LogP contribution is -2.43. The lowest BCUT2D eigenvalue weighted by molar-refractivity contribution is 0.0437. The molecule has 0 saturated carbocycles. The van der Waals surface area contributed by atoms with Crippen molar-refractivity contribution in [3.63, 3.8) is 0 Å². The summed E-state index contributed by atoms with van der Waals surface area (Å²) >= 11 is 0. The largest absolute Gasteiger partial charge is 0.491 e. The van der Waals surface area contributed by atoms with Crippen molar-refractivity contribution in [2.24, 2.45) is 11.8 Å². The summed E-state index contributed by atoms with van der Waals surface area (Å²) in [7, 11) is 0. The molecule has 2 rings (SSSR count). The van der Waals surface area contributed by atoms with Gasteiger partial charge in [-0.15, -0.1) is 0 Å². The highest BCUT2D eigenvalue weighted by molar-refractivity contribution is 5.43. The van der Waals surface area contributed by atoms with Gasteiger partial charge in [0.2, 0.25) is 0 Å². The first-order valence-corrected chi connectivity index (χ1v) is 7.43. The maximum Gasteiger partial charge on any atom is 0.121 e. The molecule has 1 aromatic rings. The van der Waals surface area contributed by atoms with E-state index in [9.17, 15) is 5.11 Å². The lowest BCUT2D eigenvalue weighted by atomic mass is 9.88. The fraction of sp³-hybridized carbons (Fsp3) is 0.625. The van der Waals surface area contributed by atoms with Crippen LogP contribution in [0.25, 0.3) is 0 Å². The number of benzene rings is 1. The second kappa shape index (κ2) is 6.95. The number of aliphatic hydroxyl groups is 1. The fourth-order valence-electron chi connectivity index (χ4n) is 2.66. The standard InChI is InChI=1S/C16H26N2O2/c1-12-6-7-18(9-13(12)2)10-15(19)11-20-16-5-3-4-14(17)8-16/h3-5,8,12-13,15,19H,6-7,9-11,17H2,1-2H3. The first kappa shape index (κ1) is 15.1. The van der Waals surface area contributed by atoms with E-state index in [0.717, 1.165) is 19.0 Å². The van der Waals surface area contributed by atoms with Gasteiger partial charge in [-0.2, -0.15) is 0 Å². The first-order valence-electron chi connectivity index (χ1n) is 7.43. The van der Waals surface area contributed by atoms with Crippen LogP contribution in [0.2, 0.25) is 0 Å². The molecular weight excluding hydrogens is 252 g/mol. The summed E-state index contributed by atoms with van der Waals surface area (Å²) in [6.45, 7) is 7.72. The minimum absolute atomic E-state index is 0.309. The minimum Gasteiger partial charge on any atom is -0.491 e. The number of nitrogens with two attached hydrogens (primary N) is 1. The van der Waals surface area contributed by atoms with E-state index in [1.807, 2.05) is 18.2 Å². The Morgan fingerprint density at radius 2 is 2.20 bits per heavy atom. The normalized spacial score (nSPS) is 25.4. The van der Waals surface area contributed by atoms with Gasteiger partial charge >= 0.3 is 0 Å². The lowest BCUT2D eigenvalue weighted by Gasteiger charge is -2.36. The van der Waals surface area contributed by atoms with E-state index >= 15 is 0 Å². The molecule has 0 radical (unpaired) electrons. The number of anilines is 1. The molecule has 3 unspecified atom stereocenters. The molecule has 3 N–H and O–H groups in total. The Hall–Kier alpha value is -1.26. The molecule has 0 spiro atoms. The summed E-state index contributed by atoms with van der Waals surface area (Å²) in [6, 6.07) is 7.30. The van der Waals surface area contributed by atoms with Crippen molar-refractivity contribution in [3.05, 3.63) is 24.3 Å². The van der Waals surface area contributed by atoms with Crippen LogP contribution in [0.5, 0.6) is 5.75 Å². The fourth-order valence-corrected chi connectivity index (χ4v) is 2.66. The van der Waals surface area contributed by atoms with Gasteiger partial charge in [0.15, 0.2) is 0 Å². The smallest absolute Gasteiger partial charge is 0.121 e. The highest BCUT2D eigenvalue weighted by Crippen LogP contribution is 2.22. The summed E-state index contributed by atoms with van der Waals surface area (Å²) in [5.74, 6) is 2.20. The Kier molecular flexibility index (Phi) is 5.26. The van der Waals surface area contributed by atoms with Crippen LogP contribution in [-0.4, -0.2) is 42.4 Å². The van der Waals surface area contributed by atoms with E-state index in [0.29, 0.717) is 30.5 Å².